The molecule has 0 bridgehead atoms. The van der Waals surface area contributed by atoms with Crippen molar-refractivity contribution in [3.8, 4) is 17.3 Å². The topological polar surface area (TPSA) is 60.2 Å². The van der Waals surface area contributed by atoms with E-state index < -0.39 is 11.9 Å². The molecule has 5 nitrogen and oxygen atoms in total. The van der Waals surface area contributed by atoms with Crippen LogP contribution in [0.4, 0.5) is 4.39 Å². The third kappa shape index (κ3) is 3.31. The Morgan fingerprint density at radius 1 is 1.15 bits per heavy atom. The molecule has 7 heteroatoms. The summed E-state index contributed by atoms with van der Waals surface area (Å²) in [6.45, 7) is 0.242. The fraction of sp³-hybridized carbons (Fsp3) is 0.158. The van der Waals surface area contributed by atoms with Gasteiger partial charge in [0.05, 0.1) is 23.1 Å². The van der Waals surface area contributed by atoms with E-state index in [9.17, 15) is 9.50 Å². The summed E-state index contributed by atoms with van der Waals surface area (Å²) in [4.78, 5) is 8.96. The highest BCUT2D eigenvalue weighted by molar-refractivity contribution is 7.07. The first kappa shape index (κ1) is 16.7. The third-order valence-corrected chi connectivity index (χ3v) is 4.56. The monoisotopic (exact) mass is 369 g/mol. The number of para-hydroxylation sites is 3. The molecule has 1 N–H and O–H groups in total. The summed E-state index contributed by atoms with van der Waals surface area (Å²) >= 11 is 1.49. The lowest BCUT2D eigenvalue weighted by Crippen LogP contribution is -2.24. The Kier molecular flexibility index (Phi) is 4.64. The lowest BCUT2D eigenvalue weighted by Gasteiger charge is -2.15. The van der Waals surface area contributed by atoms with E-state index in [1.165, 1.54) is 23.5 Å². The van der Waals surface area contributed by atoms with Gasteiger partial charge >= 0.3 is 0 Å². The number of aliphatic hydroxyl groups is 1. The molecule has 2 heterocycles. The maximum Gasteiger partial charge on any atom is 0.165 e. The highest BCUT2D eigenvalue weighted by Crippen LogP contribution is 2.25. The molecule has 132 valence electrons. The fourth-order valence-corrected chi connectivity index (χ4v) is 3.32. The van der Waals surface area contributed by atoms with Crippen LogP contribution in [0, 0.1) is 5.82 Å². The number of benzene rings is 2. The number of nitrogens with zero attached hydrogens (tertiary/aromatic N) is 3. The SMILES string of the molecule is O[C@H](COc1ccccc1F)Cn1c(-c2cscn2)nc2ccccc21. The molecular weight excluding hydrogens is 353 g/mol. The molecule has 0 saturated carbocycles. The number of hydrogen-bond donors (Lipinski definition) is 1. The van der Waals surface area contributed by atoms with Gasteiger partial charge in [-0.15, -0.1) is 11.3 Å². The first-order valence-corrected chi connectivity index (χ1v) is 9.06. The molecule has 0 spiro atoms. The van der Waals surface area contributed by atoms with Crippen molar-refractivity contribution >= 4 is 22.4 Å². The van der Waals surface area contributed by atoms with Crippen LogP contribution < -0.4 is 4.74 Å². The smallest absolute Gasteiger partial charge is 0.165 e. The molecule has 0 unspecified atom stereocenters. The minimum absolute atomic E-state index is 0.0239. The Bertz CT molecular complexity index is 1020. The van der Waals surface area contributed by atoms with Crippen LogP contribution in [0.15, 0.2) is 59.4 Å². The molecule has 0 aliphatic carbocycles. The number of aromatic nitrogens is 3. The number of hydrogen-bond acceptors (Lipinski definition) is 5. The van der Waals surface area contributed by atoms with Gasteiger partial charge in [-0.3, -0.25) is 0 Å². The Morgan fingerprint density at radius 3 is 2.77 bits per heavy atom. The molecule has 0 aliphatic heterocycles. The largest absolute Gasteiger partial charge is 0.488 e. The Balaban J connectivity index is 1.58. The fourth-order valence-electron chi connectivity index (χ4n) is 2.79. The number of thiazole rings is 1. The number of ether oxygens (including phenoxy) is 1. The van der Waals surface area contributed by atoms with Crippen LogP contribution in [0.2, 0.25) is 0 Å². The quantitative estimate of drug-likeness (QED) is 0.562. The number of imidazole rings is 1. The van der Waals surface area contributed by atoms with Crippen molar-refractivity contribution in [1.29, 1.82) is 0 Å². The first-order valence-electron chi connectivity index (χ1n) is 8.11. The number of halogens is 1. The van der Waals surface area contributed by atoms with E-state index in [1.54, 1.807) is 17.6 Å². The maximum absolute atomic E-state index is 13.6. The van der Waals surface area contributed by atoms with Crippen molar-refractivity contribution in [3.05, 3.63) is 65.2 Å². The van der Waals surface area contributed by atoms with Crippen LogP contribution in [-0.4, -0.2) is 32.4 Å². The van der Waals surface area contributed by atoms with Gasteiger partial charge in [-0.25, -0.2) is 14.4 Å². The second kappa shape index (κ2) is 7.23. The zero-order chi connectivity index (χ0) is 17.9. The molecular formula is C19H16FN3O2S. The van der Waals surface area contributed by atoms with Gasteiger partial charge in [-0.05, 0) is 24.3 Å². The average Bonchev–Trinajstić information content (AvgIpc) is 3.29. The van der Waals surface area contributed by atoms with Crippen molar-refractivity contribution in [1.82, 2.24) is 14.5 Å². The lowest BCUT2D eigenvalue weighted by atomic mass is 10.3. The van der Waals surface area contributed by atoms with E-state index in [2.05, 4.69) is 9.97 Å². The van der Waals surface area contributed by atoms with E-state index in [4.69, 9.17) is 4.74 Å². The zero-order valence-electron chi connectivity index (χ0n) is 13.7. The standard InChI is InChI=1S/C19H16FN3O2S/c20-14-5-1-4-8-18(14)25-10-13(24)9-23-17-7-3-2-6-15(17)22-19(23)16-11-26-12-21-16/h1-8,11-13,24H,9-10H2/t13-/m0/s1. The van der Waals surface area contributed by atoms with E-state index in [1.807, 2.05) is 34.2 Å². The maximum atomic E-state index is 13.6. The molecule has 0 saturated heterocycles. The van der Waals surface area contributed by atoms with Crippen molar-refractivity contribution in [2.75, 3.05) is 6.61 Å². The van der Waals surface area contributed by atoms with Crippen LogP contribution in [0.3, 0.4) is 0 Å². The number of fused-ring (bicyclic) bond motifs is 1. The summed E-state index contributed by atoms with van der Waals surface area (Å²) in [5.74, 6) is 0.370. The predicted molar refractivity (Wildman–Crippen MR) is 98.7 cm³/mol. The average molecular weight is 369 g/mol. The lowest BCUT2D eigenvalue weighted by molar-refractivity contribution is 0.0918. The minimum atomic E-state index is -0.829. The molecule has 2 aromatic carbocycles. The van der Waals surface area contributed by atoms with Crippen molar-refractivity contribution < 1.29 is 14.2 Å². The number of aliphatic hydroxyl groups excluding tert-OH is 1. The molecule has 4 aromatic rings. The Hall–Kier alpha value is -2.77. The van der Waals surface area contributed by atoms with Gasteiger partial charge in [-0.2, -0.15) is 0 Å². The van der Waals surface area contributed by atoms with E-state index >= 15 is 0 Å². The van der Waals surface area contributed by atoms with E-state index in [-0.39, 0.29) is 18.9 Å². The van der Waals surface area contributed by atoms with Crippen LogP contribution in [0.25, 0.3) is 22.6 Å². The van der Waals surface area contributed by atoms with Crippen molar-refractivity contribution in [2.24, 2.45) is 0 Å². The molecule has 1 atom stereocenters. The molecule has 26 heavy (non-hydrogen) atoms. The van der Waals surface area contributed by atoms with Gasteiger partial charge in [-0.1, -0.05) is 24.3 Å². The first-order chi connectivity index (χ1) is 12.7. The second-order valence-electron chi connectivity index (χ2n) is 5.80. The van der Waals surface area contributed by atoms with Gasteiger partial charge in [0.2, 0.25) is 0 Å². The minimum Gasteiger partial charge on any atom is -0.488 e. The second-order valence-corrected chi connectivity index (χ2v) is 6.52. The molecule has 0 fully saturated rings. The third-order valence-electron chi connectivity index (χ3n) is 3.98. The summed E-state index contributed by atoms with van der Waals surface area (Å²) in [6, 6.07) is 13.9. The van der Waals surface area contributed by atoms with Crippen molar-refractivity contribution in [3.63, 3.8) is 0 Å². The normalized spacial score (nSPS) is 12.4. The van der Waals surface area contributed by atoms with Gasteiger partial charge in [0, 0.05) is 5.38 Å². The highest BCUT2D eigenvalue weighted by atomic mass is 32.1. The van der Waals surface area contributed by atoms with E-state index in [0.717, 1.165) is 16.7 Å². The van der Waals surface area contributed by atoms with Crippen LogP contribution >= 0.6 is 11.3 Å². The van der Waals surface area contributed by atoms with Crippen LogP contribution in [0.1, 0.15) is 0 Å². The van der Waals surface area contributed by atoms with Gasteiger partial charge in [0.1, 0.15) is 18.4 Å². The predicted octanol–water partition coefficient (Wildman–Crippen LogP) is 3.74. The summed E-state index contributed by atoms with van der Waals surface area (Å²) < 4.78 is 21.0. The van der Waals surface area contributed by atoms with Crippen molar-refractivity contribution in [2.45, 2.75) is 12.6 Å². The van der Waals surface area contributed by atoms with E-state index in [0.29, 0.717) is 5.82 Å². The molecule has 0 aliphatic rings. The summed E-state index contributed by atoms with van der Waals surface area (Å²) in [7, 11) is 0. The summed E-state index contributed by atoms with van der Waals surface area (Å²) in [5.41, 5.74) is 4.24. The Labute approximate surface area is 153 Å². The number of rotatable bonds is 6. The molecule has 4 rings (SSSR count). The highest BCUT2D eigenvalue weighted by Gasteiger charge is 2.17. The summed E-state index contributed by atoms with van der Waals surface area (Å²) in [5, 5.41) is 12.4. The van der Waals surface area contributed by atoms with Crippen LogP contribution in [0.5, 0.6) is 5.75 Å². The molecule has 0 amide bonds. The van der Waals surface area contributed by atoms with Gasteiger partial charge in [0.25, 0.3) is 0 Å². The molecule has 0 radical (unpaired) electrons. The summed E-state index contributed by atoms with van der Waals surface area (Å²) in [6.07, 6.45) is -0.829. The Morgan fingerprint density at radius 2 is 1.96 bits per heavy atom. The van der Waals surface area contributed by atoms with Gasteiger partial charge < -0.3 is 14.4 Å². The van der Waals surface area contributed by atoms with Gasteiger partial charge in [0.15, 0.2) is 17.4 Å². The zero-order valence-corrected chi connectivity index (χ0v) is 14.6. The van der Waals surface area contributed by atoms with Crippen LogP contribution in [-0.2, 0) is 6.54 Å². The molecule has 2 aromatic heterocycles.